The van der Waals surface area contributed by atoms with Gasteiger partial charge in [-0.1, -0.05) is 48.3 Å². The maximum Gasteiger partial charge on any atom is 0.180 e. The van der Waals surface area contributed by atoms with Crippen molar-refractivity contribution in [2.24, 2.45) is 0 Å². The van der Waals surface area contributed by atoms with Crippen molar-refractivity contribution in [3.05, 3.63) is 57.6 Å². The highest BCUT2D eigenvalue weighted by molar-refractivity contribution is 6.32. The largest absolute Gasteiger partial charge is 0.490 e. The molecule has 0 fully saturated rings. The molecule has 2 aromatic rings. The van der Waals surface area contributed by atoms with E-state index in [-0.39, 0.29) is 0 Å². The second-order valence-corrected chi connectivity index (χ2v) is 6.92. The molecule has 2 N–H and O–H groups in total. The molecule has 0 amide bonds. The van der Waals surface area contributed by atoms with E-state index in [1.165, 1.54) is 0 Å². The number of ether oxygens (including phenoxy) is 2. The van der Waals surface area contributed by atoms with E-state index < -0.39 is 0 Å². The Morgan fingerprint density at radius 1 is 0.926 bits per heavy atom. The molecular formula is C21H28Cl2N2O2. The monoisotopic (exact) mass is 410 g/mol. The first kappa shape index (κ1) is 21.8. The first-order valence-corrected chi connectivity index (χ1v) is 10.1. The van der Waals surface area contributed by atoms with Gasteiger partial charge in [0.05, 0.1) is 11.6 Å². The lowest BCUT2D eigenvalue weighted by molar-refractivity contribution is 0.269. The second kappa shape index (κ2) is 12.1. The fraction of sp³-hybridized carbons (Fsp3) is 0.429. The molecule has 0 radical (unpaired) electrons. The summed E-state index contributed by atoms with van der Waals surface area (Å²) < 4.78 is 11.7. The Morgan fingerprint density at radius 2 is 1.70 bits per heavy atom. The first-order chi connectivity index (χ1) is 13.2. The van der Waals surface area contributed by atoms with Gasteiger partial charge in [-0.2, -0.15) is 0 Å². The zero-order chi connectivity index (χ0) is 19.5. The summed E-state index contributed by atoms with van der Waals surface area (Å²) in [4.78, 5) is 0. The third kappa shape index (κ3) is 7.23. The fourth-order valence-corrected chi connectivity index (χ4v) is 3.12. The second-order valence-electron chi connectivity index (χ2n) is 6.10. The lowest BCUT2D eigenvalue weighted by Gasteiger charge is -2.16. The van der Waals surface area contributed by atoms with Crippen molar-refractivity contribution in [3.63, 3.8) is 0 Å². The first-order valence-electron chi connectivity index (χ1n) is 9.38. The zero-order valence-corrected chi connectivity index (χ0v) is 17.5. The van der Waals surface area contributed by atoms with Crippen LogP contribution in [-0.2, 0) is 13.2 Å². The summed E-state index contributed by atoms with van der Waals surface area (Å²) in [6, 6.07) is 11.5. The van der Waals surface area contributed by atoms with Crippen LogP contribution in [0.2, 0.25) is 10.0 Å². The predicted molar refractivity (Wildman–Crippen MR) is 113 cm³/mol. The number of benzene rings is 2. The number of hydrogen-bond donors (Lipinski definition) is 2. The van der Waals surface area contributed by atoms with Gasteiger partial charge in [-0.25, -0.2) is 0 Å². The van der Waals surface area contributed by atoms with Crippen molar-refractivity contribution < 1.29 is 9.47 Å². The molecule has 0 saturated carbocycles. The third-order valence-electron chi connectivity index (χ3n) is 3.99. The van der Waals surface area contributed by atoms with Crippen molar-refractivity contribution in [1.82, 2.24) is 10.6 Å². The molecule has 2 aromatic carbocycles. The molecule has 0 aliphatic rings. The number of halogens is 2. The molecule has 0 unspecified atom stereocenters. The Morgan fingerprint density at radius 3 is 2.44 bits per heavy atom. The van der Waals surface area contributed by atoms with E-state index in [2.05, 4.69) is 17.6 Å². The molecule has 4 nitrogen and oxygen atoms in total. The van der Waals surface area contributed by atoms with Crippen LogP contribution in [-0.4, -0.2) is 26.2 Å². The predicted octanol–water partition coefficient (Wildman–Crippen LogP) is 5.06. The Kier molecular flexibility index (Phi) is 9.78. The topological polar surface area (TPSA) is 42.5 Å². The Labute approximate surface area is 172 Å². The number of hydrogen-bond acceptors (Lipinski definition) is 4. The van der Waals surface area contributed by atoms with Gasteiger partial charge in [0.1, 0.15) is 6.61 Å². The summed E-state index contributed by atoms with van der Waals surface area (Å²) in [5.41, 5.74) is 1.97. The molecule has 148 valence electrons. The molecule has 6 heteroatoms. The van der Waals surface area contributed by atoms with Crippen LogP contribution in [0.25, 0.3) is 0 Å². The number of nitrogens with one attached hydrogen (secondary N) is 2. The number of rotatable bonds is 12. The molecule has 0 atom stereocenters. The van der Waals surface area contributed by atoms with Gasteiger partial charge in [-0.05, 0) is 56.7 Å². The summed E-state index contributed by atoms with van der Waals surface area (Å²) >= 11 is 12.7. The van der Waals surface area contributed by atoms with Gasteiger partial charge in [0.2, 0.25) is 0 Å². The standard InChI is InChI=1S/C21H28Cl2N2O2/c1-3-24-10-7-11-25-14-16-12-19(23)21(20(13-16)26-4-2)27-15-17-8-5-6-9-18(17)22/h5-6,8-9,12-13,24-25H,3-4,7,10-11,14-15H2,1-2H3. The molecule has 0 spiro atoms. The van der Waals surface area contributed by atoms with E-state index in [9.17, 15) is 0 Å². The molecule has 2 rings (SSSR count). The van der Waals surface area contributed by atoms with Crippen molar-refractivity contribution >= 4 is 23.2 Å². The van der Waals surface area contributed by atoms with Crippen LogP contribution in [0.5, 0.6) is 11.5 Å². The molecule has 0 heterocycles. The van der Waals surface area contributed by atoms with Crippen molar-refractivity contribution in [1.29, 1.82) is 0 Å². The summed E-state index contributed by atoms with van der Waals surface area (Å²) in [5, 5.41) is 7.95. The highest BCUT2D eigenvalue weighted by atomic mass is 35.5. The van der Waals surface area contributed by atoms with Gasteiger partial charge in [0, 0.05) is 17.1 Å². The van der Waals surface area contributed by atoms with E-state index in [0.29, 0.717) is 34.8 Å². The van der Waals surface area contributed by atoms with E-state index >= 15 is 0 Å². The average Bonchev–Trinajstić information content (AvgIpc) is 2.65. The SMILES string of the molecule is CCNCCCNCc1cc(Cl)c(OCc2ccccc2Cl)c(OCC)c1. The fourth-order valence-electron chi connectivity index (χ4n) is 2.64. The van der Waals surface area contributed by atoms with Crippen molar-refractivity contribution in [2.45, 2.75) is 33.4 Å². The molecule has 0 aliphatic carbocycles. The molecule has 0 saturated heterocycles. The lowest BCUT2D eigenvalue weighted by Crippen LogP contribution is -2.21. The minimum absolute atomic E-state index is 0.335. The summed E-state index contributed by atoms with van der Waals surface area (Å²) in [7, 11) is 0. The Balaban J connectivity index is 2.01. The van der Waals surface area contributed by atoms with Crippen LogP contribution in [0.4, 0.5) is 0 Å². The van der Waals surface area contributed by atoms with E-state index in [1.54, 1.807) is 0 Å². The third-order valence-corrected chi connectivity index (χ3v) is 4.63. The van der Waals surface area contributed by atoms with Crippen LogP contribution >= 0.6 is 23.2 Å². The zero-order valence-electron chi connectivity index (χ0n) is 16.0. The van der Waals surface area contributed by atoms with E-state index in [1.807, 2.05) is 43.3 Å². The highest BCUT2D eigenvalue weighted by Gasteiger charge is 2.13. The normalized spacial score (nSPS) is 10.8. The molecular weight excluding hydrogens is 383 g/mol. The van der Waals surface area contributed by atoms with Gasteiger partial charge in [-0.15, -0.1) is 0 Å². The van der Waals surface area contributed by atoms with Crippen LogP contribution in [0.1, 0.15) is 31.4 Å². The summed E-state index contributed by atoms with van der Waals surface area (Å²) in [5.74, 6) is 1.20. The maximum absolute atomic E-state index is 6.48. The maximum atomic E-state index is 6.48. The molecule has 0 aromatic heterocycles. The van der Waals surface area contributed by atoms with Gasteiger partial charge >= 0.3 is 0 Å². The summed E-state index contributed by atoms with van der Waals surface area (Å²) in [6.07, 6.45) is 1.08. The van der Waals surface area contributed by atoms with Crippen LogP contribution in [0, 0.1) is 0 Å². The van der Waals surface area contributed by atoms with Crippen LogP contribution in [0.15, 0.2) is 36.4 Å². The van der Waals surface area contributed by atoms with Gasteiger partial charge in [-0.3, -0.25) is 0 Å². The Hall–Kier alpha value is -1.46. The molecule has 0 aliphatic heterocycles. The average molecular weight is 411 g/mol. The van der Waals surface area contributed by atoms with Gasteiger partial charge in [0.25, 0.3) is 0 Å². The van der Waals surface area contributed by atoms with Crippen molar-refractivity contribution in [3.8, 4) is 11.5 Å². The minimum atomic E-state index is 0.335. The summed E-state index contributed by atoms with van der Waals surface area (Å²) in [6.45, 7) is 8.62. The van der Waals surface area contributed by atoms with Gasteiger partial charge < -0.3 is 20.1 Å². The highest BCUT2D eigenvalue weighted by Crippen LogP contribution is 2.37. The molecule has 27 heavy (non-hydrogen) atoms. The quantitative estimate of drug-likeness (QED) is 0.479. The van der Waals surface area contributed by atoms with Crippen molar-refractivity contribution in [2.75, 3.05) is 26.2 Å². The smallest absolute Gasteiger partial charge is 0.180 e. The van der Waals surface area contributed by atoms with Crippen LogP contribution in [0.3, 0.4) is 0 Å². The molecule has 0 bridgehead atoms. The Bertz CT molecular complexity index is 711. The minimum Gasteiger partial charge on any atom is -0.490 e. The van der Waals surface area contributed by atoms with E-state index in [0.717, 1.165) is 43.7 Å². The van der Waals surface area contributed by atoms with Gasteiger partial charge in [0.15, 0.2) is 11.5 Å². The van der Waals surface area contributed by atoms with E-state index in [4.69, 9.17) is 32.7 Å². The lowest BCUT2D eigenvalue weighted by atomic mass is 10.2. The van der Waals surface area contributed by atoms with Crippen LogP contribution < -0.4 is 20.1 Å².